The number of hydrogen-bond acceptors (Lipinski definition) is 3. The fourth-order valence-electron chi connectivity index (χ4n) is 1.37. The number of rotatable bonds is 3. The highest BCUT2D eigenvalue weighted by Crippen LogP contribution is 2.08. The number of nitrogens with zero attached hydrogens (tertiary/aromatic N) is 1. The molecule has 5 nitrogen and oxygen atoms in total. The van der Waals surface area contributed by atoms with E-state index >= 15 is 0 Å². The van der Waals surface area contributed by atoms with E-state index in [2.05, 4.69) is 31.5 Å². The maximum atomic E-state index is 11.9. The molecule has 1 unspecified atom stereocenters. The molecule has 1 atom stereocenters. The third-order valence-electron chi connectivity index (χ3n) is 2.23. The smallest absolute Gasteiger partial charge is 0.252 e. The monoisotopic (exact) mass is 327 g/mol. The highest BCUT2D eigenvalue weighted by molar-refractivity contribution is 9.10. The van der Waals surface area contributed by atoms with Gasteiger partial charge in [0.15, 0.2) is 0 Å². The van der Waals surface area contributed by atoms with Gasteiger partial charge in [0.05, 0.1) is 0 Å². The fourth-order valence-corrected chi connectivity index (χ4v) is 1.73. The molecule has 0 aliphatic rings. The Morgan fingerprint density at radius 3 is 2.53 bits per heavy atom. The van der Waals surface area contributed by atoms with E-state index in [1.54, 1.807) is 19.1 Å². The zero-order chi connectivity index (χ0) is 14.6. The van der Waals surface area contributed by atoms with Crippen molar-refractivity contribution in [3.8, 4) is 0 Å². The van der Waals surface area contributed by atoms with Gasteiger partial charge in [-0.3, -0.25) is 9.59 Å². The van der Waals surface area contributed by atoms with Crippen LogP contribution in [0.2, 0.25) is 0 Å². The molecular formula is C13H18BrN3O2. The summed E-state index contributed by atoms with van der Waals surface area (Å²) in [4.78, 5) is 27.7. The first-order chi connectivity index (χ1) is 8.69. The summed E-state index contributed by atoms with van der Waals surface area (Å²) in [6, 6.07) is 2.59. The van der Waals surface area contributed by atoms with Crippen molar-refractivity contribution in [1.82, 2.24) is 15.6 Å². The number of pyridine rings is 1. The minimum Gasteiger partial charge on any atom is -0.350 e. The number of nitrogens with one attached hydrogen (secondary N) is 2. The van der Waals surface area contributed by atoms with Crippen LogP contribution in [0.3, 0.4) is 0 Å². The van der Waals surface area contributed by atoms with Crippen molar-refractivity contribution in [2.45, 2.75) is 39.3 Å². The minimum atomic E-state index is -0.598. The van der Waals surface area contributed by atoms with Crippen molar-refractivity contribution in [2.24, 2.45) is 0 Å². The number of carbonyl (C=O) groups excluding carboxylic acids is 2. The fraction of sp³-hybridized carbons (Fsp3) is 0.462. The van der Waals surface area contributed by atoms with Crippen LogP contribution in [-0.2, 0) is 4.79 Å². The molecule has 0 aliphatic carbocycles. The highest BCUT2D eigenvalue weighted by Gasteiger charge is 2.21. The van der Waals surface area contributed by atoms with Gasteiger partial charge in [-0.2, -0.15) is 0 Å². The summed E-state index contributed by atoms with van der Waals surface area (Å²) in [5.74, 6) is -0.520. The minimum absolute atomic E-state index is 0.214. The van der Waals surface area contributed by atoms with E-state index in [1.807, 2.05) is 20.8 Å². The van der Waals surface area contributed by atoms with Crippen LogP contribution in [0.25, 0.3) is 0 Å². The van der Waals surface area contributed by atoms with Crippen molar-refractivity contribution >= 4 is 27.7 Å². The molecule has 0 radical (unpaired) electrons. The Kier molecular flexibility index (Phi) is 5.05. The second kappa shape index (κ2) is 6.14. The van der Waals surface area contributed by atoms with Gasteiger partial charge < -0.3 is 10.6 Å². The Labute approximate surface area is 121 Å². The second-order valence-corrected chi connectivity index (χ2v) is 6.11. The number of amides is 2. The van der Waals surface area contributed by atoms with Crippen LogP contribution < -0.4 is 10.6 Å². The topological polar surface area (TPSA) is 71.1 Å². The molecular weight excluding hydrogens is 310 g/mol. The van der Waals surface area contributed by atoms with E-state index in [1.165, 1.54) is 6.20 Å². The lowest BCUT2D eigenvalue weighted by Crippen LogP contribution is -2.50. The summed E-state index contributed by atoms with van der Waals surface area (Å²) in [6.07, 6.45) is 1.53. The number of hydrogen-bond donors (Lipinski definition) is 2. The summed E-state index contributed by atoms with van der Waals surface area (Å²) in [5, 5.41) is 5.46. The normalized spacial score (nSPS) is 12.7. The van der Waals surface area contributed by atoms with Crippen LogP contribution in [0, 0.1) is 0 Å². The summed E-state index contributed by atoms with van der Waals surface area (Å²) >= 11 is 3.19. The van der Waals surface area contributed by atoms with Crippen LogP contribution in [0.1, 0.15) is 38.1 Å². The van der Waals surface area contributed by atoms with Crippen molar-refractivity contribution in [1.29, 1.82) is 0 Å². The van der Waals surface area contributed by atoms with E-state index in [0.29, 0.717) is 10.2 Å². The Morgan fingerprint density at radius 1 is 1.37 bits per heavy atom. The van der Waals surface area contributed by atoms with Crippen molar-refractivity contribution < 1.29 is 9.59 Å². The average Bonchev–Trinajstić information content (AvgIpc) is 2.26. The summed E-state index contributed by atoms with van der Waals surface area (Å²) in [7, 11) is 0. The van der Waals surface area contributed by atoms with E-state index in [-0.39, 0.29) is 17.4 Å². The summed E-state index contributed by atoms with van der Waals surface area (Å²) < 4.78 is 0.576. The van der Waals surface area contributed by atoms with Gasteiger partial charge in [-0.25, -0.2) is 4.98 Å². The molecule has 1 heterocycles. The van der Waals surface area contributed by atoms with Gasteiger partial charge in [0.2, 0.25) is 5.91 Å². The molecule has 0 aliphatic heterocycles. The summed E-state index contributed by atoms with van der Waals surface area (Å²) in [5.41, 5.74) is 0.132. The molecule has 0 spiro atoms. The van der Waals surface area contributed by atoms with Crippen LogP contribution >= 0.6 is 15.9 Å². The molecule has 1 aromatic rings. The Morgan fingerprint density at radius 2 is 2.00 bits per heavy atom. The lowest BCUT2D eigenvalue weighted by atomic mass is 10.1. The molecule has 2 N–H and O–H groups in total. The molecule has 0 fully saturated rings. The maximum absolute atomic E-state index is 11.9. The molecule has 104 valence electrons. The van der Waals surface area contributed by atoms with Crippen LogP contribution in [0.5, 0.6) is 0 Å². The van der Waals surface area contributed by atoms with Gasteiger partial charge in [-0.15, -0.1) is 0 Å². The zero-order valence-corrected chi connectivity index (χ0v) is 13.0. The Bertz CT molecular complexity index is 483. The lowest BCUT2D eigenvalue weighted by Gasteiger charge is -2.23. The Balaban J connectivity index is 2.64. The molecule has 6 heteroatoms. The standard InChI is InChI=1S/C13H18BrN3O2/c1-8(11(18)17-13(2,3)4)16-12(19)9-5-6-15-10(14)7-9/h5-8H,1-4H3,(H,16,19)(H,17,18). The van der Waals surface area contributed by atoms with Gasteiger partial charge in [0.1, 0.15) is 10.6 Å². The molecule has 1 rings (SSSR count). The highest BCUT2D eigenvalue weighted by atomic mass is 79.9. The van der Waals surface area contributed by atoms with Gasteiger partial charge in [-0.05, 0) is 55.8 Å². The first-order valence-corrected chi connectivity index (χ1v) is 6.73. The zero-order valence-electron chi connectivity index (χ0n) is 11.5. The Hall–Kier alpha value is -1.43. The van der Waals surface area contributed by atoms with Gasteiger partial charge >= 0.3 is 0 Å². The third-order valence-corrected chi connectivity index (χ3v) is 2.66. The first kappa shape index (κ1) is 15.6. The second-order valence-electron chi connectivity index (χ2n) is 5.30. The van der Waals surface area contributed by atoms with Crippen molar-refractivity contribution in [2.75, 3.05) is 0 Å². The number of carbonyl (C=O) groups is 2. The predicted octanol–water partition coefficient (Wildman–Crippen LogP) is 1.88. The predicted molar refractivity (Wildman–Crippen MR) is 76.8 cm³/mol. The molecule has 0 saturated carbocycles. The van der Waals surface area contributed by atoms with E-state index in [4.69, 9.17) is 0 Å². The summed E-state index contributed by atoms with van der Waals surface area (Å²) in [6.45, 7) is 7.31. The van der Waals surface area contributed by atoms with E-state index in [9.17, 15) is 9.59 Å². The third kappa shape index (κ3) is 5.38. The van der Waals surface area contributed by atoms with Crippen molar-refractivity contribution in [3.05, 3.63) is 28.5 Å². The van der Waals surface area contributed by atoms with E-state index < -0.39 is 6.04 Å². The average molecular weight is 328 g/mol. The molecule has 2 amide bonds. The van der Waals surface area contributed by atoms with Crippen molar-refractivity contribution in [3.63, 3.8) is 0 Å². The van der Waals surface area contributed by atoms with E-state index in [0.717, 1.165) is 0 Å². The number of halogens is 1. The van der Waals surface area contributed by atoms with Crippen LogP contribution in [0.4, 0.5) is 0 Å². The molecule has 0 bridgehead atoms. The largest absolute Gasteiger partial charge is 0.350 e. The lowest BCUT2D eigenvalue weighted by molar-refractivity contribution is -0.124. The molecule has 0 aromatic carbocycles. The molecule has 19 heavy (non-hydrogen) atoms. The van der Waals surface area contributed by atoms with Gasteiger partial charge in [0.25, 0.3) is 5.91 Å². The van der Waals surface area contributed by atoms with Crippen LogP contribution in [-0.4, -0.2) is 28.4 Å². The molecule has 0 saturated heterocycles. The molecule has 1 aromatic heterocycles. The maximum Gasteiger partial charge on any atom is 0.252 e. The SMILES string of the molecule is CC(NC(=O)c1ccnc(Br)c1)C(=O)NC(C)(C)C. The van der Waals surface area contributed by atoms with Gasteiger partial charge in [0, 0.05) is 17.3 Å². The van der Waals surface area contributed by atoms with Crippen LogP contribution in [0.15, 0.2) is 22.9 Å². The van der Waals surface area contributed by atoms with Gasteiger partial charge in [-0.1, -0.05) is 0 Å². The number of aromatic nitrogens is 1. The first-order valence-electron chi connectivity index (χ1n) is 5.93. The quantitative estimate of drug-likeness (QED) is 0.832.